The minimum Gasteiger partial charge on any atom is -0.477 e. The van der Waals surface area contributed by atoms with Crippen molar-refractivity contribution in [3.8, 4) is 0 Å². The second-order valence-electron chi connectivity index (χ2n) is 14.6. The van der Waals surface area contributed by atoms with Crippen LogP contribution in [0.25, 0.3) is 0 Å². The molecule has 0 atom stereocenters. The molecule has 334 valence electrons. The number of amides is 7. The van der Waals surface area contributed by atoms with E-state index in [1.165, 1.54) is 90.6 Å². The van der Waals surface area contributed by atoms with E-state index in [1.54, 1.807) is 41.4 Å². The van der Waals surface area contributed by atoms with Crippen LogP contribution in [-0.4, -0.2) is 101 Å². The van der Waals surface area contributed by atoms with E-state index in [0.29, 0.717) is 5.69 Å². The first-order chi connectivity index (χ1) is 30.3. The van der Waals surface area contributed by atoms with Crippen molar-refractivity contribution in [3.05, 3.63) is 89.9 Å². The summed E-state index contributed by atoms with van der Waals surface area (Å²) in [5.74, 6) is -4.43. The molecular formula is C39H44N16O9. The van der Waals surface area contributed by atoms with Crippen LogP contribution in [0.15, 0.2) is 55.4 Å². The quantitative estimate of drug-likeness (QED) is 0.0645. The molecule has 0 aromatic carbocycles. The normalized spacial score (nSPS) is 10.9. The van der Waals surface area contributed by atoms with E-state index < -0.39 is 41.4 Å². The van der Waals surface area contributed by atoms with Crippen molar-refractivity contribution < 1.29 is 43.5 Å². The van der Waals surface area contributed by atoms with Crippen molar-refractivity contribution in [1.29, 1.82) is 0 Å². The Hall–Kier alpha value is -8.77. The maximum absolute atomic E-state index is 13.3. The molecule has 0 saturated carbocycles. The summed E-state index contributed by atoms with van der Waals surface area (Å²) in [6.45, 7) is 1.46. The van der Waals surface area contributed by atoms with Crippen molar-refractivity contribution in [3.63, 3.8) is 0 Å². The highest BCUT2D eigenvalue weighted by molar-refractivity contribution is 6.08. The number of aryl methyl sites for hydroxylation is 6. The Morgan fingerprint density at radius 1 is 0.484 bits per heavy atom. The molecule has 6 heterocycles. The van der Waals surface area contributed by atoms with Gasteiger partial charge in [0, 0.05) is 99.4 Å². The van der Waals surface area contributed by atoms with Gasteiger partial charge in [-0.25, -0.2) is 19.7 Å². The lowest BCUT2D eigenvalue weighted by molar-refractivity contribution is -0.116. The van der Waals surface area contributed by atoms with Crippen molar-refractivity contribution in [1.82, 2.24) is 47.7 Å². The van der Waals surface area contributed by atoms with Gasteiger partial charge < -0.3 is 69.7 Å². The fraction of sp³-hybridized carbons (Fsp3) is 0.256. The SMILES string of the molecule is CC(=O)Nc1cn(C)c(C(=O)Nc2cn(C)c(C(=O)Nc3cc(C(=O)Nc4cc(C(=O)NCCCC(=O)Nc5cn(C)c(C(=O)Nc6cc(C(=O)O)n(C)c6)n5)n(C)c4)n(C)c3)n2)n1. The van der Waals surface area contributed by atoms with Crippen LogP contribution >= 0.6 is 0 Å². The predicted octanol–water partition coefficient (Wildman–Crippen LogP) is 1.72. The Balaban J connectivity index is 0.958. The van der Waals surface area contributed by atoms with Crippen LogP contribution < -0.4 is 37.2 Å². The third-order valence-electron chi connectivity index (χ3n) is 9.39. The molecular weight excluding hydrogens is 837 g/mol. The second-order valence-corrected chi connectivity index (χ2v) is 14.6. The van der Waals surface area contributed by atoms with Gasteiger partial charge in [-0.15, -0.1) is 0 Å². The maximum atomic E-state index is 13.3. The van der Waals surface area contributed by atoms with Gasteiger partial charge in [-0.2, -0.15) is 0 Å². The maximum Gasteiger partial charge on any atom is 0.352 e. The number of hydrogen-bond acceptors (Lipinski definition) is 11. The number of carbonyl (C=O) groups is 8. The summed E-state index contributed by atoms with van der Waals surface area (Å²) in [6, 6.07) is 4.24. The van der Waals surface area contributed by atoms with Gasteiger partial charge in [-0.3, -0.25) is 33.6 Å². The molecule has 0 saturated heterocycles. The van der Waals surface area contributed by atoms with Gasteiger partial charge in [0.15, 0.2) is 17.5 Å². The van der Waals surface area contributed by atoms with Crippen LogP contribution in [0.3, 0.4) is 0 Å². The minimum absolute atomic E-state index is 0.00268. The molecule has 6 aromatic rings. The summed E-state index contributed by atoms with van der Waals surface area (Å²) >= 11 is 0. The number of anilines is 6. The Kier molecular flexibility index (Phi) is 12.9. The molecule has 0 unspecified atom stereocenters. The number of imidazole rings is 3. The number of aromatic nitrogens is 9. The smallest absolute Gasteiger partial charge is 0.352 e. The zero-order valence-electron chi connectivity index (χ0n) is 35.6. The predicted molar refractivity (Wildman–Crippen MR) is 229 cm³/mol. The lowest BCUT2D eigenvalue weighted by Gasteiger charge is -2.06. The first-order valence-electron chi connectivity index (χ1n) is 19.2. The van der Waals surface area contributed by atoms with Crippen molar-refractivity contribution in [2.75, 3.05) is 38.4 Å². The average Bonchev–Trinajstić information content (AvgIpc) is 4.06. The third-order valence-corrected chi connectivity index (χ3v) is 9.39. The fourth-order valence-corrected chi connectivity index (χ4v) is 6.44. The molecule has 7 amide bonds. The average molecular weight is 881 g/mol. The number of nitrogens with zero attached hydrogens (tertiary/aromatic N) is 9. The van der Waals surface area contributed by atoms with Crippen LogP contribution in [-0.2, 0) is 51.9 Å². The molecule has 0 bridgehead atoms. The standard InChI is InChI=1S/C39H44N16O9/c1-20(56)41-27-17-53(5)33(46-27)38(62)49-29-19-55(7)32(48-29)37(61)43-22-12-25(51(3)15-22)35(59)42-21-11-24(50(2)14-21)34(58)40-10-8-9-30(57)45-28-18-54(6)31(47-28)36(60)44-23-13-26(39(63)64)52(4)16-23/h11-19H,8-10H2,1-7H3,(H,40,58)(H,41,56)(H,42,59)(H,43,61)(H,44,60)(H,45,57)(H,49,62)(H,63,64). The first-order valence-corrected chi connectivity index (χ1v) is 19.2. The molecule has 0 radical (unpaired) electrons. The van der Waals surface area contributed by atoms with Crippen LogP contribution in [0, 0.1) is 0 Å². The van der Waals surface area contributed by atoms with Gasteiger partial charge in [-0.1, -0.05) is 0 Å². The number of carboxylic acid groups (broad SMARTS) is 1. The highest BCUT2D eigenvalue weighted by atomic mass is 16.4. The van der Waals surface area contributed by atoms with Crippen LogP contribution in [0.5, 0.6) is 0 Å². The first kappa shape index (κ1) is 44.8. The Labute approximate surface area is 362 Å². The van der Waals surface area contributed by atoms with Crippen molar-refractivity contribution >= 4 is 81.8 Å². The second kappa shape index (κ2) is 18.5. The lowest BCUT2D eigenvalue weighted by Crippen LogP contribution is -2.27. The molecule has 8 N–H and O–H groups in total. The number of hydrogen-bond donors (Lipinski definition) is 8. The van der Waals surface area contributed by atoms with E-state index in [2.05, 4.69) is 52.2 Å². The molecule has 6 aromatic heterocycles. The minimum atomic E-state index is -1.15. The van der Waals surface area contributed by atoms with E-state index in [1.807, 2.05) is 0 Å². The third kappa shape index (κ3) is 10.4. The zero-order valence-corrected chi connectivity index (χ0v) is 35.6. The van der Waals surface area contributed by atoms with Gasteiger partial charge in [0.2, 0.25) is 29.3 Å². The topological polar surface area (TPSA) is 309 Å². The monoisotopic (exact) mass is 880 g/mol. The summed E-state index contributed by atoms with van der Waals surface area (Å²) in [5.41, 5.74) is 1.25. The summed E-state index contributed by atoms with van der Waals surface area (Å²) in [6.07, 6.45) is 9.16. The Bertz CT molecular complexity index is 2850. The number of nitrogens with one attached hydrogen (secondary N) is 7. The molecule has 25 nitrogen and oxygen atoms in total. The summed E-state index contributed by atoms with van der Waals surface area (Å²) < 4.78 is 8.61. The molecule has 25 heteroatoms. The zero-order chi connectivity index (χ0) is 46.6. The fourth-order valence-electron chi connectivity index (χ4n) is 6.44. The number of carbonyl (C=O) groups excluding carboxylic acids is 7. The van der Waals surface area contributed by atoms with Gasteiger partial charge in [0.05, 0.1) is 17.1 Å². The van der Waals surface area contributed by atoms with Gasteiger partial charge in [0.1, 0.15) is 17.1 Å². The number of carboxylic acids is 1. The van der Waals surface area contributed by atoms with Crippen molar-refractivity contribution in [2.45, 2.75) is 19.8 Å². The van der Waals surface area contributed by atoms with E-state index in [9.17, 15) is 43.5 Å². The summed E-state index contributed by atoms with van der Waals surface area (Å²) in [5, 5.41) is 27.7. The van der Waals surface area contributed by atoms with Gasteiger partial charge >= 0.3 is 5.97 Å². The molecule has 0 aliphatic rings. The molecule has 64 heavy (non-hydrogen) atoms. The Morgan fingerprint density at radius 2 is 0.875 bits per heavy atom. The summed E-state index contributed by atoms with van der Waals surface area (Å²) in [7, 11) is 9.47. The van der Waals surface area contributed by atoms with E-state index in [4.69, 9.17) is 0 Å². The van der Waals surface area contributed by atoms with Crippen LogP contribution in [0.4, 0.5) is 34.5 Å². The van der Waals surface area contributed by atoms with Gasteiger partial charge in [0.25, 0.3) is 29.5 Å². The molecule has 0 spiro atoms. The van der Waals surface area contributed by atoms with E-state index in [0.717, 1.165) is 0 Å². The highest BCUT2D eigenvalue weighted by Crippen LogP contribution is 2.20. The molecule has 0 aliphatic carbocycles. The highest BCUT2D eigenvalue weighted by Gasteiger charge is 2.22. The summed E-state index contributed by atoms with van der Waals surface area (Å²) in [4.78, 5) is 113. The lowest BCUT2D eigenvalue weighted by atomic mass is 10.3. The Morgan fingerprint density at radius 3 is 1.33 bits per heavy atom. The van der Waals surface area contributed by atoms with E-state index >= 15 is 0 Å². The van der Waals surface area contributed by atoms with Gasteiger partial charge in [-0.05, 0) is 24.6 Å². The van der Waals surface area contributed by atoms with Crippen molar-refractivity contribution in [2.24, 2.45) is 42.3 Å². The van der Waals surface area contributed by atoms with Crippen LogP contribution in [0.1, 0.15) is 83.1 Å². The van der Waals surface area contributed by atoms with Crippen LogP contribution in [0.2, 0.25) is 0 Å². The largest absolute Gasteiger partial charge is 0.477 e. The molecule has 0 aliphatic heterocycles. The molecule has 0 fully saturated rings. The van der Waals surface area contributed by atoms with E-state index in [-0.39, 0.29) is 88.7 Å². The number of aromatic carboxylic acids is 1. The molecule has 6 rings (SSSR count). The number of rotatable bonds is 16.